The summed E-state index contributed by atoms with van der Waals surface area (Å²) in [6.45, 7) is 7.16. The van der Waals surface area contributed by atoms with Crippen LogP contribution in [-0.4, -0.2) is 32.0 Å². The molecule has 1 aliphatic rings. The number of rotatable bonds is 13. The van der Waals surface area contributed by atoms with E-state index in [-0.39, 0.29) is 0 Å². The maximum atomic E-state index is 14.1. The number of unbranched alkanes of at least 4 members (excludes halogenated alkanes) is 2. The second-order valence-corrected chi connectivity index (χ2v) is 11.5. The van der Waals surface area contributed by atoms with Gasteiger partial charge in [0.15, 0.2) is 11.3 Å². The molecule has 1 aromatic carbocycles. The van der Waals surface area contributed by atoms with E-state index in [0.29, 0.717) is 11.3 Å². The van der Waals surface area contributed by atoms with Crippen LogP contribution < -0.4 is 9.64 Å². The average Bonchev–Trinajstić information content (AvgIpc) is 3.57. The molecule has 0 aliphatic carbocycles. The van der Waals surface area contributed by atoms with Crippen LogP contribution in [0.3, 0.4) is 0 Å². The largest absolute Gasteiger partial charge is 0.496 e. The number of thiophene rings is 1. The first-order valence-corrected chi connectivity index (χ1v) is 15.0. The van der Waals surface area contributed by atoms with Crippen LogP contribution in [0.4, 0.5) is 18.9 Å². The van der Waals surface area contributed by atoms with Crippen molar-refractivity contribution in [3.05, 3.63) is 74.2 Å². The summed E-state index contributed by atoms with van der Waals surface area (Å²) in [5.74, 6) is 0.173. The molecule has 1 aromatic heterocycles. The Morgan fingerprint density at radius 2 is 1.70 bits per heavy atom. The van der Waals surface area contributed by atoms with Gasteiger partial charge in [-0.05, 0) is 62.4 Å². The number of benzene rings is 1. The van der Waals surface area contributed by atoms with Crippen molar-refractivity contribution in [3.63, 3.8) is 0 Å². The third-order valence-electron chi connectivity index (χ3n) is 7.36. The molecular formula is C33H35F3N4O2S. The lowest BCUT2D eigenvalue weighted by Gasteiger charge is -2.28. The zero-order chi connectivity index (χ0) is 31.6. The van der Waals surface area contributed by atoms with E-state index in [4.69, 9.17) is 9.47 Å². The molecule has 1 unspecified atom stereocenters. The standard InChI is InChI=1S/C33H35F3N4O2S/c1-5-7-17-40(18-8-6-2)25-11-9-23(30(19-25)41-4)10-12-26-13-14-27(43-26)15-16-29-28(22-39)31(24(20-37)21-38)42-32(29,3)33(34,35)36/h9,11,13-16,19H,5-8,10,12,17-18H2,1-4H3/b16-15+. The van der Waals surface area contributed by atoms with E-state index in [1.165, 1.54) is 35.6 Å². The number of anilines is 1. The molecule has 0 radical (unpaired) electrons. The van der Waals surface area contributed by atoms with E-state index in [1.807, 2.05) is 6.07 Å². The van der Waals surface area contributed by atoms with Crippen molar-refractivity contribution < 1.29 is 22.6 Å². The highest BCUT2D eigenvalue weighted by atomic mass is 32.1. The summed E-state index contributed by atoms with van der Waals surface area (Å²) in [6, 6.07) is 14.8. The van der Waals surface area contributed by atoms with Crippen LogP contribution in [0.15, 0.2) is 58.9 Å². The Kier molecular flexibility index (Phi) is 11.5. The minimum absolute atomic E-state index is 0.452. The molecule has 2 heterocycles. The highest BCUT2D eigenvalue weighted by Gasteiger charge is 2.60. The first-order chi connectivity index (χ1) is 20.6. The number of halogens is 3. The molecule has 6 nitrogen and oxygen atoms in total. The zero-order valence-corrected chi connectivity index (χ0v) is 25.7. The number of nitriles is 3. The number of nitrogens with zero attached hydrogens (tertiary/aromatic N) is 4. The van der Waals surface area contributed by atoms with Crippen LogP contribution in [0, 0.1) is 34.0 Å². The van der Waals surface area contributed by atoms with Crippen LogP contribution in [0.25, 0.3) is 6.08 Å². The summed E-state index contributed by atoms with van der Waals surface area (Å²) in [4.78, 5) is 4.13. The molecule has 226 valence electrons. The maximum Gasteiger partial charge on any atom is 0.432 e. The smallest absolute Gasteiger partial charge is 0.432 e. The van der Waals surface area contributed by atoms with Gasteiger partial charge in [0.25, 0.3) is 0 Å². The monoisotopic (exact) mass is 608 g/mol. The summed E-state index contributed by atoms with van der Waals surface area (Å²) in [7, 11) is 1.67. The number of allylic oxidation sites excluding steroid dienone is 2. The zero-order valence-electron chi connectivity index (χ0n) is 24.8. The van der Waals surface area contributed by atoms with Crippen LogP contribution in [0.5, 0.6) is 5.75 Å². The lowest BCUT2D eigenvalue weighted by atomic mass is 9.92. The molecule has 0 fully saturated rings. The summed E-state index contributed by atoms with van der Waals surface area (Å²) in [5.41, 5.74) is -2.29. The van der Waals surface area contributed by atoms with Crippen LogP contribution in [-0.2, 0) is 17.6 Å². The van der Waals surface area contributed by atoms with E-state index < -0.39 is 34.3 Å². The van der Waals surface area contributed by atoms with E-state index in [9.17, 15) is 29.0 Å². The van der Waals surface area contributed by atoms with Crippen molar-refractivity contribution in [2.75, 3.05) is 25.1 Å². The van der Waals surface area contributed by atoms with Crippen molar-refractivity contribution >= 4 is 23.1 Å². The van der Waals surface area contributed by atoms with Gasteiger partial charge in [0.05, 0.1) is 7.11 Å². The highest BCUT2D eigenvalue weighted by molar-refractivity contribution is 7.12. The Morgan fingerprint density at radius 1 is 1.02 bits per heavy atom. The van der Waals surface area contributed by atoms with Gasteiger partial charge < -0.3 is 14.4 Å². The minimum atomic E-state index is -4.90. The molecule has 0 saturated carbocycles. The first kappa shape index (κ1) is 33.3. The fraction of sp³-hybridized carbons (Fsp3) is 0.424. The number of alkyl halides is 3. The molecule has 2 aromatic rings. The van der Waals surface area contributed by atoms with E-state index >= 15 is 0 Å². The lowest BCUT2D eigenvalue weighted by molar-refractivity contribution is -0.236. The quantitative estimate of drug-likeness (QED) is 0.212. The van der Waals surface area contributed by atoms with Crippen molar-refractivity contribution in [1.29, 1.82) is 15.8 Å². The lowest BCUT2D eigenvalue weighted by Crippen LogP contribution is -2.43. The van der Waals surface area contributed by atoms with Gasteiger partial charge >= 0.3 is 6.18 Å². The summed E-state index contributed by atoms with van der Waals surface area (Å²) in [5, 5.41) is 28.0. The van der Waals surface area contributed by atoms with Gasteiger partial charge in [-0.3, -0.25) is 0 Å². The van der Waals surface area contributed by atoms with Crippen LogP contribution >= 0.6 is 11.3 Å². The molecule has 10 heteroatoms. The van der Waals surface area contributed by atoms with Crippen molar-refractivity contribution in [1.82, 2.24) is 0 Å². The normalized spacial score (nSPS) is 16.5. The number of hydrogen-bond donors (Lipinski definition) is 0. The summed E-state index contributed by atoms with van der Waals surface area (Å²) >= 11 is 1.43. The Bertz CT molecular complexity index is 1490. The Balaban J connectivity index is 1.82. The molecule has 0 N–H and O–H groups in total. The highest BCUT2D eigenvalue weighted by Crippen LogP contribution is 2.49. The molecule has 43 heavy (non-hydrogen) atoms. The number of hydrogen-bond acceptors (Lipinski definition) is 7. The molecule has 0 spiro atoms. The molecule has 0 bridgehead atoms. The van der Waals surface area contributed by atoms with Gasteiger partial charge in [-0.1, -0.05) is 38.8 Å². The maximum absolute atomic E-state index is 14.1. The Labute approximate surface area is 255 Å². The van der Waals surface area contributed by atoms with E-state index in [2.05, 4.69) is 36.9 Å². The molecule has 3 rings (SSSR count). The second kappa shape index (κ2) is 14.8. The molecule has 0 amide bonds. The third-order valence-corrected chi connectivity index (χ3v) is 8.47. The Hall–Kier alpha value is -4.20. The molecule has 1 aliphatic heterocycles. The molecule has 0 saturated heterocycles. The van der Waals surface area contributed by atoms with E-state index in [1.54, 1.807) is 19.2 Å². The van der Waals surface area contributed by atoms with Gasteiger partial charge in [-0.15, -0.1) is 11.3 Å². The first-order valence-electron chi connectivity index (χ1n) is 14.2. The van der Waals surface area contributed by atoms with Crippen molar-refractivity contribution in [2.45, 2.75) is 71.1 Å². The predicted molar refractivity (Wildman–Crippen MR) is 162 cm³/mol. The van der Waals surface area contributed by atoms with Crippen LogP contribution in [0.1, 0.15) is 61.8 Å². The topological polar surface area (TPSA) is 93.1 Å². The second-order valence-electron chi connectivity index (χ2n) is 10.3. The van der Waals surface area contributed by atoms with Crippen molar-refractivity contribution in [3.8, 4) is 24.0 Å². The molecule has 1 atom stereocenters. The van der Waals surface area contributed by atoms with Crippen molar-refractivity contribution in [2.24, 2.45) is 0 Å². The van der Waals surface area contributed by atoms with Gasteiger partial charge in [0, 0.05) is 40.2 Å². The summed E-state index contributed by atoms with van der Waals surface area (Å²) < 4.78 is 53.1. The fourth-order valence-corrected chi connectivity index (χ4v) is 5.70. The Morgan fingerprint density at radius 3 is 2.26 bits per heavy atom. The number of aryl methyl sites for hydroxylation is 2. The van der Waals surface area contributed by atoms with Gasteiger partial charge in [-0.2, -0.15) is 29.0 Å². The average molecular weight is 609 g/mol. The van der Waals surface area contributed by atoms with Crippen LogP contribution in [0.2, 0.25) is 0 Å². The van der Waals surface area contributed by atoms with Gasteiger partial charge in [0.2, 0.25) is 5.60 Å². The minimum Gasteiger partial charge on any atom is -0.496 e. The van der Waals surface area contributed by atoms with E-state index in [0.717, 1.165) is 74.0 Å². The molecular weight excluding hydrogens is 573 g/mol. The van der Waals surface area contributed by atoms with Gasteiger partial charge in [0.1, 0.15) is 29.5 Å². The third kappa shape index (κ3) is 7.61. The predicted octanol–water partition coefficient (Wildman–Crippen LogP) is 8.43. The van der Waals surface area contributed by atoms with Gasteiger partial charge in [-0.25, -0.2) is 0 Å². The number of methoxy groups -OCH3 is 1. The fourth-order valence-electron chi connectivity index (χ4n) is 4.78. The number of ether oxygens (including phenoxy) is 2. The SMILES string of the molecule is CCCCN(CCCC)c1ccc(CCc2ccc(/C=C/C3=C(C#N)C(=C(C#N)C#N)OC3(C)C(F)(F)F)s2)c(OC)c1. The summed E-state index contributed by atoms with van der Waals surface area (Å²) in [6.07, 6.45) is 3.72.